The van der Waals surface area contributed by atoms with E-state index < -0.39 is 5.97 Å². The highest BCUT2D eigenvalue weighted by Gasteiger charge is 2.36. The van der Waals surface area contributed by atoms with Crippen LogP contribution < -0.4 is 9.47 Å². The van der Waals surface area contributed by atoms with Crippen LogP contribution in [0.2, 0.25) is 0 Å². The maximum Gasteiger partial charge on any atom is 0.340 e. The van der Waals surface area contributed by atoms with Crippen molar-refractivity contribution in [3.8, 4) is 11.5 Å². The van der Waals surface area contributed by atoms with E-state index in [9.17, 15) is 9.59 Å². The summed E-state index contributed by atoms with van der Waals surface area (Å²) in [5, 5.41) is 0. The minimum Gasteiger partial charge on any atom is -0.497 e. The Morgan fingerprint density at radius 3 is 2.48 bits per heavy atom. The van der Waals surface area contributed by atoms with E-state index in [1.807, 2.05) is 6.92 Å². The Kier molecular flexibility index (Phi) is 5.85. The molecule has 0 fully saturated rings. The molecular formula is C19H23NO5. The first kappa shape index (κ1) is 18.6. The van der Waals surface area contributed by atoms with Crippen LogP contribution in [0.5, 0.6) is 11.5 Å². The predicted octanol–water partition coefficient (Wildman–Crippen LogP) is 2.79. The van der Waals surface area contributed by atoms with Crippen LogP contribution in [0, 0.1) is 0 Å². The second kappa shape index (κ2) is 7.88. The Morgan fingerprint density at radius 1 is 1.20 bits per heavy atom. The lowest BCUT2D eigenvalue weighted by molar-refractivity contribution is -0.136. The number of ether oxygens (including phenoxy) is 3. The summed E-state index contributed by atoms with van der Waals surface area (Å²) in [5.41, 5.74) is 1.83. The highest BCUT2D eigenvalue weighted by molar-refractivity contribution is 6.16. The van der Waals surface area contributed by atoms with Gasteiger partial charge < -0.3 is 19.1 Å². The van der Waals surface area contributed by atoms with Crippen LogP contribution in [-0.4, -0.2) is 44.7 Å². The lowest BCUT2D eigenvalue weighted by Gasteiger charge is -2.16. The van der Waals surface area contributed by atoms with Crippen LogP contribution >= 0.6 is 0 Å². The van der Waals surface area contributed by atoms with Crippen LogP contribution in [-0.2, 0) is 14.3 Å². The van der Waals surface area contributed by atoms with Gasteiger partial charge in [0.2, 0.25) is 0 Å². The van der Waals surface area contributed by atoms with Crippen molar-refractivity contribution in [2.75, 3.05) is 27.9 Å². The van der Waals surface area contributed by atoms with Crippen molar-refractivity contribution < 1.29 is 23.8 Å². The summed E-state index contributed by atoms with van der Waals surface area (Å²) in [6, 6.07) is 5.28. The van der Waals surface area contributed by atoms with Gasteiger partial charge >= 0.3 is 5.97 Å². The zero-order chi connectivity index (χ0) is 18.6. The molecule has 1 aromatic carbocycles. The van der Waals surface area contributed by atoms with Crippen molar-refractivity contribution >= 4 is 18.0 Å². The van der Waals surface area contributed by atoms with Crippen molar-refractivity contribution in [2.45, 2.75) is 20.3 Å². The molecule has 1 aromatic rings. The molecule has 0 radical (unpaired) electrons. The number of methoxy groups -OCH3 is 3. The van der Waals surface area contributed by atoms with Gasteiger partial charge in [0.05, 0.1) is 32.5 Å². The van der Waals surface area contributed by atoms with E-state index in [0.29, 0.717) is 34.9 Å². The van der Waals surface area contributed by atoms with E-state index in [4.69, 9.17) is 14.2 Å². The average Bonchev–Trinajstić information content (AvgIpc) is 2.85. The highest BCUT2D eigenvalue weighted by Crippen LogP contribution is 2.34. The number of carbonyl (C=O) groups excluding carboxylic acids is 2. The van der Waals surface area contributed by atoms with Gasteiger partial charge in [-0.05, 0) is 37.6 Å². The van der Waals surface area contributed by atoms with Crippen LogP contribution in [0.1, 0.15) is 25.8 Å². The number of amides is 1. The van der Waals surface area contributed by atoms with Crippen molar-refractivity contribution in [2.24, 2.45) is 0 Å². The van der Waals surface area contributed by atoms with Crippen molar-refractivity contribution in [1.82, 2.24) is 4.90 Å². The number of nitrogens with zero attached hydrogens (tertiary/aromatic N) is 1. The molecule has 0 unspecified atom stereocenters. The van der Waals surface area contributed by atoms with E-state index >= 15 is 0 Å². The molecule has 0 aliphatic carbocycles. The number of benzene rings is 1. The molecule has 1 heterocycles. The number of rotatable bonds is 6. The molecule has 2 rings (SSSR count). The van der Waals surface area contributed by atoms with E-state index in [0.717, 1.165) is 6.42 Å². The molecule has 0 bridgehead atoms. The molecule has 0 N–H and O–H groups in total. The SMILES string of the molecule is CCCN1C(=O)/C(=C\c2cc(OC)ccc2OC)C(C(=O)OC)=C1C. The predicted molar refractivity (Wildman–Crippen MR) is 94.2 cm³/mol. The Morgan fingerprint density at radius 2 is 1.92 bits per heavy atom. The normalized spacial score (nSPS) is 15.8. The Bertz CT molecular complexity index is 748. The number of hydrogen-bond acceptors (Lipinski definition) is 5. The number of carbonyl (C=O) groups is 2. The highest BCUT2D eigenvalue weighted by atomic mass is 16.5. The average molecular weight is 345 g/mol. The van der Waals surface area contributed by atoms with E-state index in [1.54, 1.807) is 50.3 Å². The van der Waals surface area contributed by atoms with Gasteiger partial charge in [0.1, 0.15) is 11.5 Å². The number of esters is 1. The third-order valence-electron chi connectivity index (χ3n) is 4.09. The molecule has 0 saturated carbocycles. The molecule has 1 aliphatic heterocycles. The summed E-state index contributed by atoms with van der Waals surface area (Å²) in [5.74, 6) is 0.461. The summed E-state index contributed by atoms with van der Waals surface area (Å²) in [6.07, 6.45) is 2.43. The van der Waals surface area contributed by atoms with E-state index in [2.05, 4.69) is 0 Å². The fourth-order valence-electron chi connectivity index (χ4n) is 2.83. The van der Waals surface area contributed by atoms with Gasteiger partial charge in [-0.2, -0.15) is 0 Å². The van der Waals surface area contributed by atoms with E-state index in [-0.39, 0.29) is 11.5 Å². The van der Waals surface area contributed by atoms with Crippen molar-refractivity contribution in [3.05, 3.63) is 40.6 Å². The fourth-order valence-corrected chi connectivity index (χ4v) is 2.83. The summed E-state index contributed by atoms with van der Waals surface area (Å²) < 4.78 is 15.5. The summed E-state index contributed by atoms with van der Waals surface area (Å²) in [7, 11) is 4.41. The first-order chi connectivity index (χ1) is 12.0. The van der Waals surface area contributed by atoms with Gasteiger partial charge in [-0.3, -0.25) is 4.79 Å². The standard InChI is InChI=1S/C19H23NO5/c1-6-9-20-12(2)17(19(22)25-5)15(18(20)21)11-13-10-14(23-3)7-8-16(13)24-4/h7-8,10-11H,6,9H2,1-5H3/b15-11-. The van der Waals surface area contributed by atoms with Gasteiger partial charge in [-0.1, -0.05) is 6.92 Å². The molecule has 0 atom stereocenters. The Hall–Kier alpha value is -2.76. The molecule has 1 amide bonds. The first-order valence-corrected chi connectivity index (χ1v) is 8.03. The monoisotopic (exact) mass is 345 g/mol. The largest absolute Gasteiger partial charge is 0.497 e. The topological polar surface area (TPSA) is 65.1 Å². The van der Waals surface area contributed by atoms with Gasteiger partial charge in [0, 0.05) is 17.8 Å². The van der Waals surface area contributed by atoms with Gasteiger partial charge in [0.25, 0.3) is 5.91 Å². The maximum absolute atomic E-state index is 12.8. The van der Waals surface area contributed by atoms with Gasteiger partial charge in [-0.15, -0.1) is 0 Å². The third-order valence-corrected chi connectivity index (χ3v) is 4.09. The minimum atomic E-state index is -0.530. The molecule has 1 aliphatic rings. The zero-order valence-electron chi connectivity index (χ0n) is 15.2. The lowest BCUT2D eigenvalue weighted by Crippen LogP contribution is -2.25. The van der Waals surface area contributed by atoms with Crippen LogP contribution in [0.25, 0.3) is 6.08 Å². The molecule has 25 heavy (non-hydrogen) atoms. The third kappa shape index (κ3) is 3.52. The maximum atomic E-state index is 12.8. The lowest BCUT2D eigenvalue weighted by atomic mass is 10.0. The van der Waals surface area contributed by atoms with E-state index in [1.165, 1.54) is 7.11 Å². The van der Waals surface area contributed by atoms with Crippen molar-refractivity contribution in [3.63, 3.8) is 0 Å². The first-order valence-electron chi connectivity index (χ1n) is 8.03. The quantitative estimate of drug-likeness (QED) is 0.586. The number of allylic oxidation sites excluding steroid dienone is 1. The van der Waals surface area contributed by atoms with Gasteiger partial charge in [0.15, 0.2) is 0 Å². The summed E-state index contributed by atoms with van der Waals surface area (Å²) in [6.45, 7) is 4.27. The molecule has 6 nitrogen and oxygen atoms in total. The molecule has 6 heteroatoms. The van der Waals surface area contributed by atoms with Crippen LogP contribution in [0.15, 0.2) is 35.0 Å². The smallest absolute Gasteiger partial charge is 0.340 e. The summed E-state index contributed by atoms with van der Waals surface area (Å²) >= 11 is 0. The molecule has 0 aromatic heterocycles. The summed E-state index contributed by atoms with van der Waals surface area (Å²) in [4.78, 5) is 26.7. The molecule has 0 spiro atoms. The van der Waals surface area contributed by atoms with Crippen LogP contribution in [0.4, 0.5) is 0 Å². The fraction of sp³-hybridized carbons (Fsp3) is 0.368. The van der Waals surface area contributed by atoms with Crippen LogP contribution in [0.3, 0.4) is 0 Å². The molecule has 0 saturated heterocycles. The molecular weight excluding hydrogens is 322 g/mol. The second-order valence-corrected chi connectivity index (χ2v) is 5.57. The Labute approximate surface area is 147 Å². The second-order valence-electron chi connectivity index (χ2n) is 5.57. The molecule has 134 valence electrons. The minimum absolute atomic E-state index is 0.218. The van der Waals surface area contributed by atoms with Crippen molar-refractivity contribution in [1.29, 1.82) is 0 Å². The Balaban J connectivity index is 2.61. The number of hydrogen-bond donors (Lipinski definition) is 0. The van der Waals surface area contributed by atoms with Gasteiger partial charge in [-0.25, -0.2) is 4.79 Å². The zero-order valence-corrected chi connectivity index (χ0v) is 15.2.